The van der Waals surface area contributed by atoms with Crippen LogP contribution in [-0.2, 0) is 6.42 Å². The number of pyridine rings is 3. The van der Waals surface area contributed by atoms with Gasteiger partial charge in [-0.05, 0) is 55.3 Å². The monoisotopic (exact) mass is 443 g/mol. The number of amides is 1. The van der Waals surface area contributed by atoms with Crippen molar-refractivity contribution in [3.63, 3.8) is 0 Å². The number of fused-ring (bicyclic) bond motifs is 3. The molecule has 7 nitrogen and oxygen atoms in total. The highest BCUT2D eigenvalue weighted by Crippen LogP contribution is 2.37. The number of aryl methyl sites for hydroxylation is 1. The first kappa shape index (κ1) is 20.8. The largest absolute Gasteiger partial charge is 0.492 e. The lowest BCUT2D eigenvalue weighted by atomic mass is 10.1. The average molecular weight is 443 g/mol. The first-order chi connectivity index (χ1) is 16.0. The van der Waals surface area contributed by atoms with E-state index in [2.05, 4.69) is 20.3 Å². The van der Waals surface area contributed by atoms with Crippen LogP contribution in [0.15, 0.2) is 54.9 Å². The Balaban J connectivity index is 1.40. The summed E-state index contributed by atoms with van der Waals surface area (Å²) in [6, 6.07) is 12.8. The fourth-order valence-electron chi connectivity index (χ4n) is 4.04. The number of carbonyl (C=O) groups excluding carboxylic acids is 1. The Morgan fingerprint density at radius 1 is 1.12 bits per heavy atom. The van der Waals surface area contributed by atoms with Gasteiger partial charge in [-0.15, -0.1) is 0 Å². The normalized spacial score (nSPS) is 12.7. The van der Waals surface area contributed by atoms with Gasteiger partial charge in [-0.25, -0.2) is 4.98 Å². The molecule has 1 aliphatic heterocycles. The average Bonchev–Trinajstić information content (AvgIpc) is 2.93. The van der Waals surface area contributed by atoms with E-state index >= 15 is 0 Å². The minimum Gasteiger partial charge on any atom is -0.492 e. The summed E-state index contributed by atoms with van der Waals surface area (Å²) in [4.78, 5) is 27.7. The highest BCUT2D eigenvalue weighted by Gasteiger charge is 2.28. The summed E-state index contributed by atoms with van der Waals surface area (Å²) in [6.45, 7) is 4.55. The zero-order valence-corrected chi connectivity index (χ0v) is 18.3. The van der Waals surface area contributed by atoms with Crippen molar-refractivity contribution in [3.05, 3.63) is 77.5 Å². The fourth-order valence-corrected chi connectivity index (χ4v) is 4.04. The first-order valence-corrected chi connectivity index (χ1v) is 10.8. The van der Waals surface area contributed by atoms with E-state index in [1.807, 2.05) is 43.3 Å². The van der Waals surface area contributed by atoms with Gasteiger partial charge in [0.05, 0.1) is 23.4 Å². The second-order valence-electron chi connectivity index (χ2n) is 7.80. The van der Waals surface area contributed by atoms with E-state index in [0.717, 1.165) is 22.2 Å². The summed E-state index contributed by atoms with van der Waals surface area (Å²) in [7, 11) is 0. The van der Waals surface area contributed by atoms with Crippen LogP contribution >= 0.6 is 0 Å². The predicted molar refractivity (Wildman–Crippen MR) is 125 cm³/mol. The van der Waals surface area contributed by atoms with Crippen LogP contribution < -0.4 is 15.0 Å². The maximum Gasteiger partial charge on any atom is 0.259 e. The van der Waals surface area contributed by atoms with E-state index in [1.165, 1.54) is 6.07 Å². The second-order valence-corrected chi connectivity index (χ2v) is 7.80. The van der Waals surface area contributed by atoms with Crippen molar-refractivity contribution in [1.82, 2.24) is 15.0 Å². The Hall–Kier alpha value is -4.07. The lowest BCUT2D eigenvalue weighted by Crippen LogP contribution is -2.20. The zero-order chi connectivity index (χ0) is 22.9. The van der Waals surface area contributed by atoms with Crippen molar-refractivity contribution in [2.24, 2.45) is 0 Å². The Bertz CT molecular complexity index is 1370. The number of aromatic nitrogens is 3. The third kappa shape index (κ3) is 3.84. The van der Waals surface area contributed by atoms with Crippen LogP contribution in [0.1, 0.15) is 28.4 Å². The van der Waals surface area contributed by atoms with Gasteiger partial charge in [-0.1, -0.05) is 12.1 Å². The molecule has 0 radical (unpaired) electrons. The van der Waals surface area contributed by atoms with Crippen molar-refractivity contribution in [2.45, 2.75) is 20.3 Å². The van der Waals surface area contributed by atoms with E-state index in [0.29, 0.717) is 48.0 Å². The summed E-state index contributed by atoms with van der Waals surface area (Å²) in [5, 5.41) is 3.83. The molecule has 166 valence electrons. The highest BCUT2D eigenvalue weighted by molar-refractivity contribution is 6.11. The topological polar surface area (TPSA) is 80.2 Å². The van der Waals surface area contributed by atoms with E-state index in [1.54, 1.807) is 24.2 Å². The predicted octanol–water partition coefficient (Wildman–Crippen LogP) is 4.82. The second kappa shape index (κ2) is 8.46. The van der Waals surface area contributed by atoms with Gasteiger partial charge in [-0.2, -0.15) is 9.37 Å². The van der Waals surface area contributed by atoms with Crippen LogP contribution in [-0.4, -0.2) is 34.0 Å². The lowest BCUT2D eigenvalue weighted by molar-refractivity contribution is 0.102. The van der Waals surface area contributed by atoms with Crippen LogP contribution in [0, 0.1) is 12.9 Å². The molecule has 8 heteroatoms. The number of halogens is 1. The zero-order valence-electron chi connectivity index (χ0n) is 18.3. The minimum absolute atomic E-state index is 0.297. The van der Waals surface area contributed by atoms with Crippen molar-refractivity contribution in [3.8, 4) is 5.75 Å². The number of nitrogens with zero attached hydrogens (tertiary/aromatic N) is 4. The van der Waals surface area contributed by atoms with Crippen molar-refractivity contribution < 1.29 is 13.9 Å². The van der Waals surface area contributed by atoms with Gasteiger partial charge in [0.1, 0.15) is 11.6 Å². The molecule has 1 aliphatic rings. The highest BCUT2D eigenvalue weighted by atomic mass is 19.1. The molecule has 0 saturated heterocycles. The van der Waals surface area contributed by atoms with Crippen LogP contribution in [0.5, 0.6) is 5.75 Å². The molecular weight excluding hydrogens is 421 g/mol. The molecule has 4 heterocycles. The van der Waals surface area contributed by atoms with Gasteiger partial charge >= 0.3 is 0 Å². The van der Waals surface area contributed by atoms with Gasteiger partial charge < -0.3 is 15.0 Å². The number of ether oxygens (including phenoxy) is 1. The van der Waals surface area contributed by atoms with Crippen molar-refractivity contribution in [2.75, 3.05) is 23.4 Å². The Morgan fingerprint density at radius 3 is 2.82 bits per heavy atom. The number of hydrogen-bond donors (Lipinski definition) is 1. The molecule has 0 fully saturated rings. The number of hydrogen-bond acceptors (Lipinski definition) is 6. The lowest BCUT2D eigenvalue weighted by Gasteiger charge is -2.22. The van der Waals surface area contributed by atoms with E-state index < -0.39 is 5.95 Å². The Morgan fingerprint density at radius 2 is 1.97 bits per heavy atom. The molecular formula is C25H22FN5O2. The molecule has 0 unspecified atom stereocenters. The van der Waals surface area contributed by atoms with Crippen molar-refractivity contribution in [1.29, 1.82) is 0 Å². The quantitative estimate of drug-likeness (QED) is 0.446. The molecule has 1 amide bonds. The third-order valence-corrected chi connectivity index (χ3v) is 5.66. The third-order valence-electron chi connectivity index (χ3n) is 5.66. The maximum atomic E-state index is 14.0. The molecule has 3 aromatic heterocycles. The summed E-state index contributed by atoms with van der Waals surface area (Å²) in [6.07, 6.45) is 4.01. The van der Waals surface area contributed by atoms with E-state index in [9.17, 15) is 9.18 Å². The summed E-state index contributed by atoms with van der Waals surface area (Å²) >= 11 is 0. The number of rotatable bonds is 5. The summed E-state index contributed by atoms with van der Waals surface area (Å²) < 4.78 is 20.0. The molecule has 5 rings (SSSR count). The van der Waals surface area contributed by atoms with Gasteiger partial charge in [-0.3, -0.25) is 9.78 Å². The van der Waals surface area contributed by atoms with Crippen LogP contribution in [0.4, 0.5) is 21.7 Å². The Labute approximate surface area is 190 Å². The minimum atomic E-state index is -0.597. The van der Waals surface area contributed by atoms with Crippen molar-refractivity contribution >= 4 is 34.1 Å². The standard InChI is InChI=1S/C25H22FN5O2/c1-3-31-23-18(25(32)30-22-15(2)12-21(26)29-24(22)31)13-16(14-28-23)9-11-33-20-8-10-27-19-7-5-4-6-17(19)20/h4-8,10,12-14H,3,9,11H2,1-2H3,(H,30,32). The molecule has 0 atom stereocenters. The molecule has 1 aromatic carbocycles. The van der Waals surface area contributed by atoms with E-state index in [4.69, 9.17) is 4.74 Å². The first-order valence-electron chi connectivity index (χ1n) is 10.8. The van der Waals surface area contributed by atoms with E-state index in [-0.39, 0.29) is 5.91 Å². The van der Waals surface area contributed by atoms with Crippen LogP contribution in [0.3, 0.4) is 0 Å². The number of anilines is 3. The summed E-state index contributed by atoms with van der Waals surface area (Å²) in [5.74, 6) is 0.678. The smallest absolute Gasteiger partial charge is 0.259 e. The van der Waals surface area contributed by atoms with Gasteiger partial charge in [0, 0.05) is 30.7 Å². The maximum absolute atomic E-state index is 14.0. The number of benzene rings is 1. The molecule has 1 N–H and O–H groups in total. The van der Waals surface area contributed by atoms with Crippen LogP contribution in [0.2, 0.25) is 0 Å². The van der Waals surface area contributed by atoms with Gasteiger partial charge in [0.2, 0.25) is 5.95 Å². The van der Waals surface area contributed by atoms with Gasteiger partial charge in [0.15, 0.2) is 5.82 Å². The molecule has 33 heavy (non-hydrogen) atoms. The molecule has 0 saturated carbocycles. The molecule has 4 aromatic rings. The fraction of sp³-hybridized carbons (Fsp3) is 0.200. The number of para-hydroxylation sites is 1. The number of nitrogens with one attached hydrogen (secondary N) is 1. The Kier molecular flexibility index (Phi) is 5.34. The van der Waals surface area contributed by atoms with Gasteiger partial charge in [0.25, 0.3) is 5.91 Å². The summed E-state index contributed by atoms with van der Waals surface area (Å²) in [5.41, 5.74) is 3.26. The van der Waals surface area contributed by atoms with Crippen LogP contribution in [0.25, 0.3) is 10.9 Å². The molecule has 0 aliphatic carbocycles. The molecule has 0 bridgehead atoms. The molecule has 0 spiro atoms. The SMILES string of the molecule is CCN1c2ncc(CCOc3ccnc4ccccc34)cc2C(=O)Nc2c(C)cc(F)nc21. The number of carbonyl (C=O) groups is 1.